The molecule has 1 unspecified atom stereocenters. The van der Waals surface area contributed by atoms with Gasteiger partial charge in [0.2, 0.25) is 11.8 Å². The van der Waals surface area contributed by atoms with Crippen LogP contribution in [0, 0.1) is 17.6 Å². The summed E-state index contributed by atoms with van der Waals surface area (Å²) in [5, 5.41) is 47.9. The lowest BCUT2D eigenvalue weighted by molar-refractivity contribution is -0.185. The molecule has 3 aromatic rings. The van der Waals surface area contributed by atoms with Gasteiger partial charge in [0.05, 0.1) is 34.6 Å². The summed E-state index contributed by atoms with van der Waals surface area (Å²) in [6.45, 7) is 1.31. The van der Waals surface area contributed by atoms with E-state index in [0.29, 0.717) is 47.5 Å². The maximum Gasteiger partial charge on any atom is 0.405 e. The van der Waals surface area contributed by atoms with Crippen molar-refractivity contribution in [1.29, 1.82) is 0 Å². The van der Waals surface area contributed by atoms with E-state index in [4.69, 9.17) is 16.3 Å². The molecule has 0 saturated carbocycles. The lowest BCUT2D eigenvalue weighted by atomic mass is 9.92. The van der Waals surface area contributed by atoms with E-state index in [0.717, 1.165) is 12.1 Å². The first kappa shape index (κ1) is 37.1. The normalized spacial score (nSPS) is 26.6. The highest BCUT2D eigenvalue weighted by Gasteiger charge is 2.45. The molecule has 1 saturated heterocycles. The molecule has 2 bridgehead atoms. The summed E-state index contributed by atoms with van der Waals surface area (Å²) in [6.07, 6.45) is -2.57. The highest BCUT2D eigenvalue weighted by atomic mass is 35.5. The number of nitrogens with one attached hydrogen (secondary N) is 3. The fraction of sp³-hybridized carbons (Fsp3) is 0.389. The van der Waals surface area contributed by atoms with Gasteiger partial charge in [-0.15, -0.1) is 0 Å². The van der Waals surface area contributed by atoms with Crippen LogP contribution in [0.4, 0.5) is 25.0 Å². The Labute approximate surface area is 302 Å². The van der Waals surface area contributed by atoms with Crippen molar-refractivity contribution in [1.82, 2.24) is 15.2 Å². The Morgan fingerprint density at radius 2 is 1.90 bits per heavy atom. The van der Waals surface area contributed by atoms with Crippen LogP contribution in [0.5, 0.6) is 0 Å². The topological polar surface area (TPSA) is 194 Å². The van der Waals surface area contributed by atoms with Crippen molar-refractivity contribution in [3.05, 3.63) is 82.7 Å². The molecule has 4 heterocycles. The zero-order valence-electron chi connectivity index (χ0n) is 27.9. The Bertz CT molecular complexity index is 1900. The molecule has 0 spiro atoms. The third-order valence-corrected chi connectivity index (χ3v) is 10.0. The molecule has 0 aliphatic carbocycles. The van der Waals surface area contributed by atoms with Crippen LogP contribution < -0.4 is 16.0 Å². The third kappa shape index (κ3) is 7.59. The fourth-order valence-corrected chi connectivity index (χ4v) is 7.10. The average molecular weight is 742 g/mol. The van der Waals surface area contributed by atoms with Gasteiger partial charge in [-0.1, -0.05) is 31.0 Å². The van der Waals surface area contributed by atoms with Gasteiger partial charge in [-0.25, -0.2) is 13.6 Å². The van der Waals surface area contributed by atoms with E-state index in [-0.39, 0.29) is 35.0 Å². The molecular formula is C36H38ClF2N5O8. The van der Waals surface area contributed by atoms with Gasteiger partial charge in [-0.05, 0) is 66.8 Å². The van der Waals surface area contributed by atoms with Gasteiger partial charge in [0, 0.05) is 36.0 Å². The molecule has 3 amide bonds. The van der Waals surface area contributed by atoms with Crippen LogP contribution in [0.15, 0.2) is 54.7 Å². The number of hydrogen-bond donors (Lipinski definition) is 7. The average Bonchev–Trinajstić information content (AvgIpc) is 3.11. The SMILES string of the molecule is C[C@@H]1CCC[C@H](N2CCC(c3c(F)ccc(Cl)c3F)=CC2=O)c2cc(ccn2)-c2ccc(NC3O[C@H](CO)[C@@H](O)[C@@H](O)[C@H]3NC(=O)O)cc2NC1=O. The Balaban J connectivity index is 1.33. The highest BCUT2D eigenvalue weighted by molar-refractivity contribution is 6.31. The standard InChI is InChI=1S/C36H38ClF2N5O8/c1-17-3-2-4-26(44-12-10-19(14-28(44)46)29-23(38)8-7-22(37)30(29)39)25-13-18(9-11-40-25)21-6-5-20(15-24(21)42-34(17)49)41-35-31(43-36(50)51)33(48)32(47)27(16-45)52-35/h5-9,11,13-15,17,26-27,31-33,35,41,43,45,47-48H,2-4,10,12,16H2,1H3,(H,42,49)(H,50,51)/t17-,26+,27-,31-,32-,33+,35?/m1/s1. The second-order valence-electron chi connectivity index (χ2n) is 13.1. The predicted octanol–water partition coefficient (Wildman–Crippen LogP) is 4.28. The summed E-state index contributed by atoms with van der Waals surface area (Å²) < 4.78 is 35.2. The molecule has 276 valence electrons. The molecule has 52 heavy (non-hydrogen) atoms. The van der Waals surface area contributed by atoms with E-state index in [1.807, 2.05) is 6.07 Å². The summed E-state index contributed by atoms with van der Waals surface area (Å²) >= 11 is 5.91. The number of fused-ring (bicyclic) bond motifs is 4. The van der Waals surface area contributed by atoms with E-state index in [2.05, 4.69) is 20.9 Å². The van der Waals surface area contributed by atoms with Crippen molar-refractivity contribution in [3.8, 4) is 11.1 Å². The number of nitrogens with zero attached hydrogens (tertiary/aromatic N) is 2. The number of aliphatic hydroxyl groups excluding tert-OH is 3. The molecule has 7 N–H and O–H groups in total. The lowest BCUT2D eigenvalue weighted by Crippen LogP contribution is -2.65. The van der Waals surface area contributed by atoms with Gasteiger partial charge >= 0.3 is 6.09 Å². The molecule has 0 radical (unpaired) electrons. The van der Waals surface area contributed by atoms with Crippen LogP contribution in [0.2, 0.25) is 5.02 Å². The smallest absolute Gasteiger partial charge is 0.405 e. The lowest BCUT2D eigenvalue weighted by Gasteiger charge is -2.42. The highest BCUT2D eigenvalue weighted by Crippen LogP contribution is 2.38. The molecule has 1 aromatic heterocycles. The number of benzene rings is 2. The number of carbonyl (C=O) groups is 3. The molecule has 1 fully saturated rings. The van der Waals surface area contributed by atoms with Crippen molar-refractivity contribution in [2.45, 2.75) is 69.2 Å². The number of rotatable bonds is 6. The molecule has 6 rings (SSSR count). The number of ether oxygens (including phenoxy) is 1. The van der Waals surface area contributed by atoms with Crippen molar-refractivity contribution in [3.63, 3.8) is 0 Å². The second-order valence-corrected chi connectivity index (χ2v) is 13.5. The first-order valence-electron chi connectivity index (χ1n) is 16.8. The zero-order chi connectivity index (χ0) is 37.3. The molecule has 2 aromatic carbocycles. The van der Waals surface area contributed by atoms with E-state index >= 15 is 0 Å². The zero-order valence-corrected chi connectivity index (χ0v) is 28.7. The Hall–Kier alpha value is -4.67. The van der Waals surface area contributed by atoms with E-state index in [9.17, 15) is 43.6 Å². The number of halogens is 3. The van der Waals surface area contributed by atoms with Crippen LogP contribution in [0.3, 0.4) is 0 Å². The maximum atomic E-state index is 14.8. The summed E-state index contributed by atoms with van der Waals surface area (Å²) in [5.74, 6) is -2.88. The Morgan fingerprint density at radius 1 is 1.12 bits per heavy atom. The van der Waals surface area contributed by atoms with Crippen molar-refractivity contribution in [2.24, 2.45) is 5.92 Å². The number of amides is 3. The minimum Gasteiger partial charge on any atom is -0.465 e. The van der Waals surface area contributed by atoms with Gasteiger partial charge < -0.3 is 46.0 Å². The summed E-state index contributed by atoms with van der Waals surface area (Å²) in [6, 6.07) is 8.90. The minimum atomic E-state index is -1.61. The molecular weight excluding hydrogens is 704 g/mol. The number of hydrogen-bond acceptors (Lipinski definition) is 9. The number of carbonyl (C=O) groups excluding carboxylic acids is 2. The van der Waals surface area contributed by atoms with Crippen molar-refractivity contribution < 1.29 is 48.3 Å². The van der Waals surface area contributed by atoms with Gasteiger partial charge in [-0.3, -0.25) is 14.6 Å². The van der Waals surface area contributed by atoms with Gasteiger partial charge in [0.15, 0.2) is 12.0 Å². The monoisotopic (exact) mass is 741 g/mol. The molecule has 13 nitrogen and oxygen atoms in total. The van der Waals surface area contributed by atoms with E-state index in [1.54, 1.807) is 42.3 Å². The van der Waals surface area contributed by atoms with Gasteiger partial charge in [0.25, 0.3) is 0 Å². The summed E-state index contributed by atoms with van der Waals surface area (Å²) in [4.78, 5) is 44.8. The maximum absolute atomic E-state index is 14.8. The number of aliphatic hydroxyl groups is 3. The van der Waals surface area contributed by atoms with E-state index in [1.165, 1.54) is 6.08 Å². The molecule has 16 heteroatoms. The number of carboxylic acid groups (broad SMARTS) is 1. The number of anilines is 2. The predicted molar refractivity (Wildman–Crippen MR) is 186 cm³/mol. The third-order valence-electron chi connectivity index (χ3n) is 9.74. The first-order chi connectivity index (χ1) is 24.9. The Kier molecular flexibility index (Phi) is 11.1. The van der Waals surface area contributed by atoms with Crippen LogP contribution in [-0.4, -0.2) is 92.0 Å². The largest absolute Gasteiger partial charge is 0.465 e. The molecule has 7 atom stereocenters. The summed E-state index contributed by atoms with van der Waals surface area (Å²) in [5.41, 5.74) is 2.47. The van der Waals surface area contributed by atoms with Gasteiger partial charge in [0.1, 0.15) is 30.2 Å². The van der Waals surface area contributed by atoms with Gasteiger partial charge in [-0.2, -0.15) is 0 Å². The van der Waals surface area contributed by atoms with E-state index < -0.39 is 72.8 Å². The van der Waals surface area contributed by atoms with Crippen molar-refractivity contribution in [2.75, 3.05) is 23.8 Å². The van der Waals surface area contributed by atoms with Crippen molar-refractivity contribution >= 4 is 46.5 Å². The second kappa shape index (κ2) is 15.5. The number of aromatic nitrogens is 1. The Morgan fingerprint density at radius 3 is 2.63 bits per heavy atom. The quantitative estimate of drug-likeness (QED) is 0.179. The minimum absolute atomic E-state index is 0.165. The molecule has 3 aliphatic rings. The number of pyridine rings is 1. The van der Waals surface area contributed by atoms with Crippen LogP contribution in [0.1, 0.15) is 49.9 Å². The first-order valence-corrected chi connectivity index (χ1v) is 17.2. The molecule has 3 aliphatic heterocycles. The fourth-order valence-electron chi connectivity index (χ4n) is 6.95. The van der Waals surface area contributed by atoms with Crippen LogP contribution >= 0.6 is 11.6 Å². The van der Waals surface area contributed by atoms with Crippen LogP contribution in [0.25, 0.3) is 16.7 Å². The summed E-state index contributed by atoms with van der Waals surface area (Å²) in [7, 11) is 0. The van der Waals surface area contributed by atoms with Crippen LogP contribution in [-0.2, 0) is 14.3 Å².